The van der Waals surface area contributed by atoms with E-state index in [4.69, 9.17) is 9.52 Å². The maximum absolute atomic E-state index is 10.7. The van der Waals surface area contributed by atoms with Gasteiger partial charge in [-0.05, 0) is 29.8 Å². The SMILES string of the molecule is O=C(O)Cc1ccc2oc(-c3ccc([N+](=O)[O-])cc3)nc2c1. The van der Waals surface area contributed by atoms with Gasteiger partial charge in [0.1, 0.15) is 5.52 Å². The quantitative estimate of drug-likeness (QED) is 0.586. The molecule has 0 amide bonds. The Morgan fingerprint density at radius 1 is 1.23 bits per heavy atom. The molecule has 0 atom stereocenters. The first-order valence-corrected chi connectivity index (χ1v) is 6.39. The molecule has 7 nitrogen and oxygen atoms in total. The fourth-order valence-electron chi connectivity index (χ4n) is 2.11. The van der Waals surface area contributed by atoms with E-state index in [1.54, 1.807) is 30.3 Å². The molecule has 3 rings (SSSR count). The van der Waals surface area contributed by atoms with Gasteiger partial charge in [-0.1, -0.05) is 6.07 Å². The highest BCUT2D eigenvalue weighted by molar-refractivity contribution is 5.79. The molecule has 1 N–H and O–H groups in total. The van der Waals surface area contributed by atoms with Crippen molar-refractivity contribution >= 4 is 22.8 Å². The lowest BCUT2D eigenvalue weighted by molar-refractivity contribution is -0.384. The summed E-state index contributed by atoms with van der Waals surface area (Å²) in [6, 6.07) is 10.8. The second-order valence-corrected chi connectivity index (χ2v) is 4.70. The first kappa shape index (κ1) is 13.7. The molecule has 2 aromatic carbocycles. The molecular formula is C15H10N2O5. The number of carbonyl (C=O) groups is 1. The molecular weight excluding hydrogens is 288 g/mol. The van der Waals surface area contributed by atoms with E-state index in [0.717, 1.165) is 0 Å². The van der Waals surface area contributed by atoms with E-state index in [0.29, 0.717) is 28.1 Å². The van der Waals surface area contributed by atoms with Crippen molar-refractivity contribution in [3.05, 3.63) is 58.1 Å². The standard InChI is InChI=1S/C15H10N2O5/c18-14(19)8-9-1-6-13-12(7-9)16-15(22-13)10-2-4-11(5-3-10)17(20)21/h1-7H,8H2,(H,18,19). The third-order valence-electron chi connectivity index (χ3n) is 3.13. The topological polar surface area (TPSA) is 106 Å². The summed E-state index contributed by atoms with van der Waals surface area (Å²) < 4.78 is 5.59. The summed E-state index contributed by atoms with van der Waals surface area (Å²) in [7, 11) is 0. The Kier molecular flexibility index (Phi) is 3.30. The van der Waals surface area contributed by atoms with Crippen LogP contribution in [-0.2, 0) is 11.2 Å². The second kappa shape index (κ2) is 5.28. The van der Waals surface area contributed by atoms with Gasteiger partial charge in [0.2, 0.25) is 5.89 Å². The summed E-state index contributed by atoms with van der Waals surface area (Å²) in [6.45, 7) is 0. The maximum Gasteiger partial charge on any atom is 0.307 e. The van der Waals surface area contributed by atoms with Crippen LogP contribution in [-0.4, -0.2) is 21.0 Å². The van der Waals surface area contributed by atoms with Gasteiger partial charge in [0.15, 0.2) is 5.58 Å². The van der Waals surface area contributed by atoms with Crippen LogP contribution in [0.4, 0.5) is 5.69 Å². The van der Waals surface area contributed by atoms with Crippen LogP contribution in [0.3, 0.4) is 0 Å². The lowest BCUT2D eigenvalue weighted by atomic mass is 10.1. The maximum atomic E-state index is 10.7. The molecule has 0 aliphatic rings. The van der Waals surface area contributed by atoms with Crippen LogP contribution in [0.15, 0.2) is 46.9 Å². The number of carboxylic acid groups (broad SMARTS) is 1. The van der Waals surface area contributed by atoms with Gasteiger partial charge in [-0.3, -0.25) is 14.9 Å². The summed E-state index contributed by atoms with van der Waals surface area (Å²) in [5, 5.41) is 19.4. The number of hydrogen-bond acceptors (Lipinski definition) is 5. The Morgan fingerprint density at radius 2 is 1.95 bits per heavy atom. The minimum atomic E-state index is -0.918. The Labute approximate surface area is 124 Å². The molecule has 1 heterocycles. The largest absolute Gasteiger partial charge is 0.481 e. The molecule has 0 spiro atoms. The summed E-state index contributed by atoms with van der Waals surface area (Å²) in [4.78, 5) is 25.2. The molecule has 0 unspecified atom stereocenters. The molecule has 0 saturated heterocycles. The van der Waals surface area contributed by atoms with E-state index in [1.165, 1.54) is 12.1 Å². The molecule has 3 aromatic rings. The number of aromatic nitrogens is 1. The van der Waals surface area contributed by atoms with E-state index in [-0.39, 0.29) is 12.1 Å². The highest BCUT2D eigenvalue weighted by atomic mass is 16.6. The van der Waals surface area contributed by atoms with Crippen LogP contribution in [0.2, 0.25) is 0 Å². The van der Waals surface area contributed by atoms with Crippen LogP contribution in [0, 0.1) is 10.1 Å². The zero-order valence-corrected chi connectivity index (χ0v) is 11.2. The summed E-state index contributed by atoms with van der Waals surface area (Å²) >= 11 is 0. The Bertz CT molecular complexity index is 867. The summed E-state index contributed by atoms with van der Waals surface area (Å²) in [5.41, 5.74) is 2.31. The van der Waals surface area contributed by atoms with Crippen molar-refractivity contribution in [2.75, 3.05) is 0 Å². The van der Waals surface area contributed by atoms with Crippen LogP contribution in [0.25, 0.3) is 22.6 Å². The van der Waals surface area contributed by atoms with Gasteiger partial charge in [-0.15, -0.1) is 0 Å². The highest BCUT2D eigenvalue weighted by Gasteiger charge is 2.11. The predicted octanol–water partition coefficient (Wildman–Crippen LogP) is 3.03. The number of aliphatic carboxylic acids is 1. The molecule has 0 aliphatic heterocycles. The number of carboxylic acids is 1. The van der Waals surface area contributed by atoms with Crippen molar-refractivity contribution in [3.63, 3.8) is 0 Å². The number of non-ortho nitro benzene ring substituents is 1. The third kappa shape index (κ3) is 2.64. The van der Waals surface area contributed by atoms with E-state index in [2.05, 4.69) is 4.98 Å². The van der Waals surface area contributed by atoms with Crippen LogP contribution >= 0.6 is 0 Å². The van der Waals surface area contributed by atoms with Gasteiger partial charge in [-0.2, -0.15) is 0 Å². The fraction of sp³-hybridized carbons (Fsp3) is 0.0667. The van der Waals surface area contributed by atoms with E-state index >= 15 is 0 Å². The lowest BCUT2D eigenvalue weighted by Gasteiger charge is -1.94. The Hall–Kier alpha value is -3.22. The van der Waals surface area contributed by atoms with Gasteiger partial charge in [0, 0.05) is 17.7 Å². The smallest absolute Gasteiger partial charge is 0.307 e. The average molecular weight is 298 g/mol. The molecule has 7 heteroatoms. The highest BCUT2D eigenvalue weighted by Crippen LogP contribution is 2.26. The number of hydrogen-bond donors (Lipinski definition) is 1. The van der Waals surface area contributed by atoms with Crippen LogP contribution in [0.1, 0.15) is 5.56 Å². The van der Waals surface area contributed by atoms with Gasteiger partial charge in [0.05, 0.1) is 11.3 Å². The fourth-order valence-corrected chi connectivity index (χ4v) is 2.11. The summed E-state index contributed by atoms with van der Waals surface area (Å²) in [6.07, 6.45) is -0.0876. The zero-order chi connectivity index (χ0) is 15.7. The van der Waals surface area contributed by atoms with Crippen molar-refractivity contribution in [3.8, 4) is 11.5 Å². The molecule has 110 valence electrons. The zero-order valence-electron chi connectivity index (χ0n) is 11.2. The van der Waals surface area contributed by atoms with Gasteiger partial charge >= 0.3 is 5.97 Å². The van der Waals surface area contributed by atoms with E-state index in [1.807, 2.05) is 0 Å². The molecule has 22 heavy (non-hydrogen) atoms. The van der Waals surface area contributed by atoms with Crippen molar-refractivity contribution in [2.24, 2.45) is 0 Å². The summed E-state index contributed by atoms with van der Waals surface area (Å²) in [5.74, 6) is -0.587. The first-order valence-electron chi connectivity index (χ1n) is 6.39. The molecule has 0 bridgehead atoms. The molecule has 0 aliphatic carbocycles. The number of nitrogens with zero attached hydrogens (tertiary/aromatic N) is 2. The van der Waals surface area contributed by atoms with Crippen molar-refractivity contribution < 1.29 is 19.2 Å². The van der Waals surface area contributed by atoms with Gasteiger partial charge < -0.3 is 9.52 Å². The monoisotopic (exact) mass is 298 g/mol. The predicted molar refractivity (Wildman–Crippen MR) is 77.4 cm³/mol. The number of benzene rings is 2. The Morgan fingerprint density at radius 3 is 2.59 bits per heavy atom. The number of rotatable bonds is 4. The second-order valence-electron chi connectivity index (χ2n) is 4.70. The molecule has 0 fully saturated rings. The number of oxazole rings is 1. The molecule has 0 radical (unpaired) electrons. The third-order valence-corrected chi connectivity index (χ3v) is 3.13. The normalized spacial score (nSPS) is 10.7. The number of nitro benzene ring substituents is 1. The minimum Gasteiger partial charge on any atom is -0.481 e. The molecule has 0 saturated carbocycles. The van der Waals surface area contributed by atoms with Crippen molar-refractivity contribution in [1.29, 1.82) is 0 Å². The average Bonchev–Trinajstić information content (AvgIpc) is 2.90. The van der Waals surface area contributed by atoms with Gasteiger partial charge in [-0.25, -0.2) is 4.98 Å². The van der Waals surface area contributed by atoms with E-state index in [9.17, 15) is 14.9 Å². The lowest BCUT2D eigenvalue weighted by Crippen LogP contribution is -1.99. The minimum absolute atomic E-state index is 0.0106. The van der Waals surface area contributed by atoms with E-state index < -0.39 is 10.9 Å². The van der Waals surface area contributed by atoms with Crippen LogP contribution in [0.5, 0.6) is 0 Å². The van der Waals surface area contributed by atoms with Crippen molar-refractivity contribution in [2.45, 2.75) is 6.42 Å². The first-order chi connectivity index (χ1) is 10.5. The molecule has 1 aromatic heterocycles. The number of nitro groups is 1. The number of fused-ring (bicyclic) bond motifs is 1. The van der Waals surface area contributed by atoms with Crippen LogP contribution < -0.4 is 0 Å². The van der Waals surface area contributed by atoms with Crippen molar-refractivity contribution in [1.82, 2.24) is 4.98 Å². The van der Waals surface area contributed by atoms with Gasteiger partial charge in [0.25, 0.3) is 5.69 Å². The Balaban J connectivity index is 1.97.